The molecule has 0 bridgehead atoms. The van der Waals surface area contributed by atoms with Gasteiger partial charge in [-0.25, -0.2) is 4.79 Å². The number of aryl methyl sites for hydroxylation is 2. The van der Waals surface area contributed by atoms with Crippen LogP contribution in [0.25, 0.3) is 0 Å². The number of hydrogen-bond donors (Lipinski definition) is 1. The van der Waals surface area contributed by atoms with E-state index in [-0.39, 0.29) is 24.4 Å². The molecule has 2 aromatic rings. The zero-order chi connectivity index (χ0) is 20.6. The van der Waals surface area contributed by atoms with Crippen LogP contribution in [0.5, 0.6) is 0 Å². The van der Waals surface area contributed by atoms with E-state index in [0.29, 0.717) is 31.5 Å². The minimum Gasteiger partial charge on any atom is -0.338 e. The van der Waals surface area contributed by atoms with Crippen molar-refractivity contribution in [3.8, 4) is 0 Å². The van der Waals surface area contributed by atoms with Crippen LogP contribution in [0.3, 0.4) is 0 Å². The Morgan fingerprint density at radius 1 is 1.03 bits per heavy atom. The molecule has 0 aromatic heterocycles. The summed E-state index contributed by atoms with van der Waals surface area (Å²) in [5.74, 6) is -0.204. The van der Waals surface area contributed by atoms with Gasteiger partial charge in [-0.2, -0.15) is 0 Å². The van der Waals surface area contributed by atoms with E-state index in [1.807, 2.05) is 62.4 Å². The van der Waals surface area contributed by atoms with Crippen LogP contribution in [0.1, 0.15) is 39.9 Å². The van der Waals surface area contributed by atoms with Gasteiger partial charge in [-0.05, 0) is 43.9 Å². The van der Waals surface area contributed by atoms with Crippen molar-refractivity contribution in [2.45, 2.75) is 38.8 Å². The van der Waals surface area contributed by atoms with E-state index in [2.05, 4.69) is 5.32 Å². The summed E-state index contributed by atoms with van der Waals surface area (Å²) in [4.78, 5) is 41.6. The third kappa shape index (κ3) is 3.50. The molecule has 2 fully saturated rings. The molecule has 150 valence electrons. The number of carbonyl (C=O) groups excluding carboxylic acids is 3. The van der Waals surface area contributed by atoms with E-state index in [0.717, 1.165) is 16.7 Å². The molecule has 0 unspecified atom stereocenters. The molecule has 2 aliphatic rings. The van der Waals surface area contributed by atoms with Gasteiger partial charge < -0.3 is 10.2 Å². The highest BCUT2D eigenvalue weighted by atomic mass is 16.2. The molecule has 2 saturated heterocycles. The maximum atomic E-state index is 13.1. The summed E-state index contributed by atoms with van der Waals surface area (Å²) < 4.78 is 0. The van der Waals surface area contributed by atoms with Gasteiger partial charge in [0.1, 0.15) is 5.54 Å². The van der Waals surface area contributed by atoms with Crippen LogP contribution in [0.4, 0.5) is 4.79 Å². The quantitative estimate of drug-likeness (QED) is 0.818. The van der Waals surface area contributed by atoms with Gasteiger partial charge in [0.15, 0.2) is 0 Å². The summed E-state index contributed by atoms with van der Waals surface area (Å²) in [7, 11) is 0. The number of nitrogens with zero attached hydrogens (tertiary/aromatic N) is 2. The van der Waals surface area contributed by atoms with Gasteiger partial charge in [-0.3, -0.25) is 14.5 Å². The predicted molar refractivity (Wildman–Crippen MR) is 109 cm³/mol. The number of hydrogen-bond acceptors (Lipinski definition) is 3. The van der Waals surface area contributed by atoms with Crippen molar-refractivity contribution < 1.29 is 14.4 Å². The smallest absolute Gasteiger partial charge is 0.325 e. The average Bonchev–Trinajstić information content (AvgIpc) is 2.95. The molecule has 0 aliphatic carbocycles. The van der Waals surface area contributed by atoms with Gasteiger partial charge >= 0.3 is 6.03 Å². The third-order valence-electron chi connectivity index (χ3n) is 5.96. The van der Waals surface area contributed by atoms with Crippen molar-refractivity contribution in [3.63, 3.8) is 0 Å². The molecule has 1 spiro atoms. The zero-order valence-electron chi connectivity index (χ0n) is 16.8. The Hall–Kier alpha value is -3.15. The summed E-state index contributed by atoms with van der Waals surface area (Å²) in [5, 5.41) is 2.91. The van der Waals surface area contributed by atoms with Gasteiger partial charge in [-0.1, -0.05) is 48.0 Å². The topological polar surface area (TPSA) is 69.7 Å². The van der Waals surface area contributed by atoms with Crippen molar-refractivity contribution in [3.05, 3.63) is 70.8 Å². The van der Waals surface area contributed by atoms with Gasteiger partial charge in [0.05, 0.1) is 6.54 Å². The SMILES string of the molecule is Cc1ccc(C)c(C(=O)N2CCC3(CC2)NC(=O)N(Cc2ccccc2)C3=O)c1. The molecule has 0 atom stereocenters. The van der Waals surface area contributed by atoms with Crippen LogP contribution in [0, 0.1) is 13.8 Å². The number of rotatable bonds is 3. The molecule has 1 N–H and O–H groups in total. The molecular weight excluding hydrogens is 366 g/mol. The molecule has 2 heterocycles. The fourth-order valence-corrected chi connectivity index (χ4v) is 4.15. The van der Waals surface area contributed by atoms with Crippen molar-refractivity contribution in [2.24, 2.45) is 0 Å². The van der Waals surface area contributed by atoms with Gasteiger partial charge in [0.25, 0.3) is 11.8 Å². The van der Waals surface area contributed by atoms with Crippen LogP contribution in [0.2, 0.25) is 0 Å². The first-order chi connectivity index (χ1) is 13.9. The Balaban J connectivity index is 1.46. The molecule has 29 heavy (non-hydrogen) atoms. The minimum absolute atomic E-state index is 0.0148. The summed E-state index contributed by atoms with van der Waals surface area (Å²) in [6.45, 7) is 5.04. The highest BCUT2D eigenvalue weighted by molar-refractivity contribution is 6.07. The van der Waals surface area contributed by atoms with Gasteiger partial charge in [0, 0.05) is 18.7 Å². The zero-order valence-corrected chi connectivity index (χ0v) is 16.8. The number of benzene rings is 2. The maximum absolute atomic E-state index is 13.1. The Morgan fingerprint density at radius 2 is 1.72 bits per heavy atom. The Morgan fingerprint density at radius 3 is 2.41 bits per heavy atom. The molecular formula is C23H25N3O3. The number of nitrogens with one attached hydrogen (secondary N) is 1. The molecule has 0 radical (unpaired) electrons. The van der Waals surface area contributed by atoms with Crippen molar-refractivity contribution in [1.82, 2.24) is 15.1 Å². The number of carbonyl (C=O) groups is 3. The van der Waals surface area contributed by atoms with Crippen LogP contribution in [-0.4, -0.2) is 46.3 Å². The monoisotopic (exact) mass is 391 g/mol. The maximum Gasteiger partial charge on any atom is 0.325 e. The Labute approximate surface area is 170 Å². The molecule has 4 rings (SSSR count). The van der Waals surface area contributed by atoms with Crippen molar-refractivity contribution in [2.75, 3.05) is 13.1 Å². The second-order valence-corrected chi connectivity index (χ2v) is 8.00. The van der Waals surface area contributed by atoms with Crippen LogP contribution in [0.15, 0.2) is 48.5 Å². The first kappa shape index (κ1) is 19.2. The first-order valence-electron chi connectivity index (χ1n) is 9.94. The average molecular weight is 391 g/mol. The van der Waals surface area contributed by atoms with E-state index < -0.39 is 5.54 Å². The second kappa shape index (κ2) is 7.35. The Bertz CT molecular complexity index is 963. The lowest BCUT2D eigenvalue weighted by atomic mass is 9.87. The number of urea groups is 1. The first-order valence-corrected chi connectivity index (χ1v) is 9.94. The van der Waals surface area contributed by atoms with E-state index in [1.54, 1.807) is 4.90 Å². The highest BCUT2D eigenvalue weighted by Crippen LogP contribution is 2.31. The van der Waals surface area contributed by atoms with Gasteiger partial charge in [-0.15, -0.1) is 0 Å². The number of piperidine rings is 1. The van der Waals surface area contributed by atoms with E-state index >= 15 is 0 Å². The lowest BCUT2D eigenvalue weighted by molar-refractivity contribution is -0.133. The number of amides is 4. The second-order valence-electron chi connectivity index (χ2n) is 8.00. The molecule has 0 saturated carbocycles. The predicted octanol–water partition coefficient (Wildman–Crippen LogP) is 3.03. The fraction of sp³-hybridized carbons (Fsp3) is 0.348. The van der Waals surface area contributed by atoms with Crippen molar-refractivity contribution >= 4 is 17.8 Å². The highest BCUT2D eigenvalue weighted by Gasteiger charge is 2.52. The molecule has 6 heteroatoms. The van der Waals surface area contributed by atoms with Gasteiger partial charge in [0.2, 0.25) is 0 Å². The summed E-state index contributed by atoms with van der Waals surface area (Å²) >= 11 is 0. The summed E-state index contributed by atoms with van der Waals surface area (Å²) in [5.41, 5.74) is 2.70. The van der Waals surface area contributed by atoms with E-state index in [9.17, 15) is 14.4 Å². The minimum atomic E-state index is -0.899. The van der Waals surface area contributed by atoms with Crippen molar-refractivity contribution in [1.29, 1.82) is 0 Å². The standard InChI is InChI=1S/C23H25N3O3/c1-16-8-9-17(2)19(14-16)20(27)25-12-10-23(11-13-25)21(28)26(22(29)24-23)15-18-6-4-3-5-7-18/h3-9,14H,10-13,15H2,1-2H3,(H,24,29). The van der Waals surface area contributed by atoms with E-state index in [4.69, 9.17) is 0 Å². The molecule has 4 amide bonds. The van der Waals surface area contributed by atoms with Crippen LogP contribution in [-0.2, 0) is 11.3 Å². The largest absolute Gasteiger partial charge is 0.338 e. The fourth-order valence-electron chi connectivity index (χ4n) is 4.15. The lowest BCUT2D eigenvalue weighted by Gasteiger charge is -2.37. The molecule has 2 aromatic carbocycles. The number of imide groups is 1. The summed E-state index contributed by atoms with van der Waals surface area (Å²) in [6.07, 6.45) is 0.860. The normalized spacial score (nSPS) is 18.3. The molecule has 2 aliphatic heterocycles. The van der Waals surface area contributed by atoms with Crippen LogP contribution >= 0.6 is 0 Å². The Kier molecular flexibility index (Phi) is 4.86. The van der Waals surface area contributed by atoms with E-state index in [1.165, 1.54) is 4.90 Å². The third-order valence-corrected chi connectivity index (χ3v) is 5.96. The summed E-state index contributed by atoms with van der Waals surface area (Å²) in [6, 6.07) is 15.0. The lowest BCUT2D eigenvalue weighted by Crippen LogP contribution is -2.55. The number of likely N-dealkylation sites (tertiary alicyclic amines) is 1. The van der Waals surface area contributed by atoms with Crippen LogP contribution < -0.4 is 5.32 Å². The molecule has 6 nitrogen and oxygen atoms in total.